The monoisotopic (exact) mass is 227 g/mol. The number of nitrogens with two attached hydrogens (primary N) is 2. The predicted octanol–water partition coefficient (Wildman–Crippen LogP) is 0.701. The molecule has 1 aliphatic carbocycles. The van der Waals surface area contributed by atoms with Crippen LogP contribution >= 0.6 is 0 Å². The first kappa shape index (κ1) is 13.5. The van der Waals surface area contributed by atoms with E-state index in [1.807, 2.05) is 6.92 Å². The first-order valence-corrected chi connectivity index (χ1v) is 6.38. The Morgan fingerprint density at radius 3 is 2.50 bits per heavy atom. The van der Waals surface area contributed by atoms with Crippen LogP contribution in [0.3, 0.4) is 0 Å². The second kappa shape index (κ2) is 6.86. The molecule has 0 aliphatic heterocycles. The van der Waals surface area contributed by atoms with Crippen molar-refractivity contribution < 1.29 is 4.79 Å². The minimum Gasteiger partial charge on any atom is -0.369 e. The third-order valence-electron chi connectivity index (χ3n) is 3.50. The van der Waals surface area contributed by atoms with Crippen LogP contribution in [0.15, 0.2) is 0 Å². The Morgan fingerprint density at radius 1 is 1.38 bits per heavy atom. The van der Waals surface area contributed by atoms with Crippen molar-refractivity contribution in [2.24, 2.45) is 17.4 Å². The molecule has 4 heteroatoms. The summed E-state index contributed by atoms with van der Waals surface area (Å²) in [5.74, 6) is -0.286. The van der Waals surface area contributed by atoms with Gasteiger partial charge in [0.15, 0.2) is 0 Å². The molecular formula is C12H25N3O. The van der Waals surface area contributed by atoms with E-state index in [9.17, 15) is 4.79 Å². The molecule has 0 aromatic heterocycles. The third-order valence-corrected chi connectivity index (χ3v) is 3.50. The minimum absolute atomic E-state index is 0.0755. The van der Waals surface area contributed by atoms with Gasteiger partial charge in [0, 0.05) is 31.6 Å². The van der Waals surface area contributed by atoms with Crippen LogP contribution in [-0.2, 0) is 4.79 Å². The van der Waals surface area contributed by atoms with Crippen LogP contribution in [0.2, 0.25) is 0 Å². The van der Waals surface area contributed by atoms with Crippen LogP contribution in [0.5, 0.6) is 0 Å². The number of hydrogen-bond acceptors (Lipinski definition) is 3. The zero-order valence-electron chi connectivity index (χ0n) is 10.3. The van der Waals surface area contributed by atoms with E-state index in [0.717, 1.165) is 13.1 Å². The van der Waals surface area contributed by atoms with Gasteiger partial charge >= 0.3 is 0 Å². The standard InChI is InChI=1S/C12H25N3O/c1-10(12(14)16)9-15(8-7-13)11-5-3-2-4-6-11/h10-11H,2-9,13H2,1H3,(H2,14,16). The molecule has 0 aromatic carbocycles. The van der Waals surface area contributed by atoms with E-state index in [0.29, 0.717) is 12.6 Å². The first-order valence-electron chi connectivity index (χ1n) is 6.38. The van der Waals surface area contributed by atoms with Gasteiger partial charge in [-0.1, -0.05) is 26.2 Å². The average molecular weight is 227 g/mol. The fourth-order valence-electron chi connectivity index (χ4n) is 2.48. The second-order valence-corrected chi connectivity index (χ2v) is 4.88. The zero-order valence-corrected chi connectivity index (χ0v) is 10.3. The van der Waals surface area contributed by atoms with Gasteiger partial charge < -0.3 is 11.5 Å². The van der Waals surface area contributed by atoms with E-state index < -0.39 is 0 Å². The van der Waals surface area contributed by atoms with Gasteiger partial charge in [0.1, 0.15) is 0 Å². The van der Waals surface area contributed by atoms with Gasteiger partial charge in [-0.2, -0.15) is 0 Å². The Kier molecular flexibility index (Phi) is 5.77. The third kappa shape index (κ3) is 4.10. The highest BCUT2D eigenvalue weighted by Crippen LogP contribution is 2.22. The summed E-state index contributed by atoms with van der Waals surface area (Å²) in [5, 5.41) is 0. The van der Waals surface area contributed by atoms with Crippen LogP contribution < -0.4 is 11.5 Å². The predicted molar refractivity (Wildman–Crippen MR) is 65.9 cm³/mol. The van der Waals surface area contributed by atoms with Crippen molar-refractivity contribution in [2.45, 2.75) is 45.1 Å². The molecular weight excluding hydrogens is 202 g/mol. The molecule has 94 valence electrons. The smallest absolute Gasteiger partial charge is 0.221 e. The van der Waals surface area contributed by atoms with E-state index in [1.54, 1.807) is 0 Å². The Labute approximate surface area is 98.3 Å². The fraction of sp³-hybridized carbons (Fsp3) is 0.917. The molecule has 0 bridgehead atoms. The summed E-state index contributed by atoms with van der Waals surface area (Å²) in [6.45, 7) is 4.19. The maximum atomic E-state index is 11.1. The molecule has 0 aromatic rings. The van der Waals surface area contributed by atoms with Crippen LogP contribution in [-0.4, -0.2) is 36.5 Å². The molecule has 16 heavy (non-hydrogen) atoms. The molecule has 1 unspecified atom stereocenters. The minimum atomic E-state index is -0.210. The number of hydrogen-bond donors (Lipinski definition) is 2. The average Bonchev–Trinajstić information content (AvgIpc) is 2.29. The highest BCUT2D eigenvalue weighted by molar-refractivity contribution is 5.76. The molecule has 1 fully saturated rings. The number of carbonyl (C=O) groups excluding carboxylic acids is 1. The highest BCUT2D eigenvalue weighted by Gasteiger charge is 2.23. The molecule has 0 saturated heterocycles. The van der Waals surface area contributed by atoms with Crippen molar-refractivity contribution in [1.29, 1.82) is 0 Å². The Morgan fingerprint density at radius 2 is 2.00 bits per heavy atom. The van der Waals surface area contributed by atoms with Gasteiger partial charge in [-0.25, -0.2) is 0 Å². The number of primary amides is 1. The maximum Gasteiger partial charge on any atom is 0.221 e. The second-order valence-electron chi connectivity index (χ2n) is 4.88. The Balaban J connectivity index is 2.48. The fourth-order valence-corrected chi connectivity index (χ4v) is 2.48. The van der Waals surface area contributed by atoms with Crippen molar-refractivity contribution >= 4 is 5.91 Å². The highest BCUT2D eigenvalue weighted by atomic mass is 16.1. The van der Waals surface area contributed by atoms with Gasteiger partial charge in [-0.05, 0) is 12.8 Å². The normalized spacial score (nSPS) is 19.9. The lowest BCUT2D eigenvalue weighted by atomic mass is 9.93. The molecule has 4 nitrogen and oxygen atoms in total. The largest absolute Gasteiger partial charge is 0.369 e. The summed E-state index contributed by atoms with van der Waals surface area (Å²) in [7, 11) is 0. The van der Waals surface area contributed by atoms with Crippen molar-refractivity contribution in [3.05, 3.63) is 0 Å². The van der Waals surface area contributed by atoms with Crippen LogP contribution in [0, 0.1) is 5.92 Å². The van der Waals surface area contributed by atoms with Crippen LogP contribution in [0.4, 0.5) is 0 Å². The lowest BCUT2D eigenvalue weighted by Crippen LogP contribution is -2.44. The quantitative estimate of drug-likeness (QED) is 0.701. The van der Waals surface area contributed by atoms with Crippen molar-refractivity contribution in [1.82, 2.24) is 4.90 Å². The summed E-state index contributed by atoms with van der Waals surface area (Å²) < 4.78 is 0. The van der Waals surface area contributed by atoms with E-state index >= 15 is 0 Å². The van der Waals surface area contributed by atoms with Gasteiger partial charge in [0.05, 0.1) is 0 Å². The SMILES string of the molecule is CC(CN(CCN)C1CCCCC1)C(N)=O. The number of nitrogens with zero attached hydrogens (tertiary/aromatic N) is 1. The zero-order chi connectivity index (χ0) is 12.0. The summed E-state index contributed by atoms with van der Waals surface area (Å²) in [5.41, 5.74) is 10.9. The van der Waals surface area contributed by atoms with Crippen molar-refractivity contribution in [3.63, 3.8) is 0 Å². The van der Waals surface area contributed by atoms with E-state index in [2.05, 4.69) is 4.90 Å². The van der Waals surface area contributed by atoms with Crippen molar-refractivity contribution in [3.8, 4) is 0 Å². The topological polar surface area (TPSA) is 72.3 Å². The summed E-state index contributed by atoms with van der Waals surface area (Å²) >= 11 is 0. The summed E-state index contributed by atoms with van der Waals surface area (Å²) in [6, 6.07) is 0.610. The van der Waals surface area contributed by atoms with Crippen molar-refractivity contribution in [2.75, 3.05) is 19.6 Å². The maximum absolute atomic E-state index is 11.1. The number of amides is 1. The molecule has 1 aliphatic rings. The number of rotatable bonds is 6. The lowest BCUT2D eigenvalue weighted by Gasteiger charge is -2.35. The molecule has 1 rings (SSSR count). The van der Waals surface area contributed by atoms with Gasteiger partial charge in [-0.15, -0.1) is 0 Å². The molecule has 1 amide bonds. The number of carbonyl (C=O) groups is 1. The van der Waals surface area contributed by atoms with Gasteiger partial charge in [0.2, 0.25) is 5.91 Å². The van der Waals surface area contributed by atoms with Gasteiger partial charge in [0.25, 0.3) is 0 Å². The molecule has 1 atom stereocenters. The molecule has 0 heterocycles. The summed E-state index contributed by atoms with van der Waals surface area (Å²) in [6.07, 6.45) is 6.43. The van der Waals surface area contributed by atoms with Crippen LogP contribution in [0.1, 0.15) is 39.0 Å². The molecule has 4 N–H and O–H groups in total. The lowest BCUT2D eigenvalue weighted by molar-refractivity contribution is -0.122. The summed E-state index contributed by atoms with van der Waals surface area (Å²) in [4.78, 5) is 13.4. The Bertz CT molecular complexity index is 214. The van der Waals surface area contributed by atoms with Gasteiger partial charge in [-0.3, -0.25) is 9.69 Å². The first-order chi connectivity index (χ1) is 7.65. The van der Waals surface area contributed by atoms with E-state index in [4.69, 9.17) is 11.5 Å². The molecule has 1 saturated carbocycles. The molecule has 0 spiro atoms. The van der Waals surface area contributed by atoms with Crippen LogP contribution in [0.25, 0.3) is 0 Å². The van der Waals surface area contributed by atoms with E-state index in [-0.39, 0.29) is 11.8 Å². The Hall–Kier alpha value is -0.610. The molecule has 0 radical (unpaired) electrons. The van der Waals surface area contributed by atoms with E-state index in [1.165, 1.54) is 32.1 Å².